The second kappa shape index (κ2) is 9.31. The van der Waals surface area contributed by atoms with Gasteiger partial charge in [-0.05, 0) is 41.5 Å². The van der Waals surface area contributed by atoms with Crippen LogP contribution in [0.1, 0.15) is 22.6 Å². The van der Waals surface area contributed by atoms with Crippen molar-refractivity contribution in [2.45, 2.75) is 5.92 Å². The molecule has 3 aromatic rings. The van der Waals surface area contributed by atoms with Crippen molar-refractivity contribution in [3.63, 3.8) is 0 Å². The highest BCUT2D eigenvalue weighted by molar-refractivity contribution is 9.10. The lowest BCUT2D eigenvalue weighted by Crippen LogP contribution is -2.21. The summed E-state index contributed by atoms with van der Waals surface area (Å²) < 4.78 is 12.0. The van der Waals surface area contributed by atoms with Crippen LogP contribution in [0, 0.1) is 11.3 Å². The zero-order chi connectivity index (χ0) is 22.7. The molecule has 0 radical (unpaired) electrons. The highest BCUT2D eigenvalue weighted by atomic mass is 79.9. The summed E-state index contributed by atoms with van der Waals surface area (Å²) in [6.45, 7) is 0. The molecule has 32 heavy (non-hydrogen) atoms. The van der Waals surface area contributed by atoms with Crippen molar-refractivity contribution in [3.8, 4) is 17.6 Å². The van der Waals surface area contributed by atoms with Crippen LogP contribution in [0.4, 0.5) is 0 Å². The van der Waals surface area contributed by atoms with Gasteiger partial charge >= 0.3 is 5.97 Å². The average molecular weight is 508 g/mol. The van der Waals surface area contributed by atoms with Crippen molar-refractivity contribution in [3.05, 3.63) is 110 Å². The Morgan fingerprint density at radius 3 is 2.59 bits per heavy atom. The maximum Gasteiger partial charge on any atom is 0.336 e. The van der Waals surface area contributed by atoms with E-state index in [1.165, 1.54) is 6.08 Å². The quantitative estimate of drug-likeness (QED) is 0.268. The number of hydrogen-bond acceptors (Lipinski definition) is 5. The predicted molar refractivity (Wildman–Crippen MR) is 126 cm³/mol. The highest BCUT2D eigenvalue weighted by Crippen LogP contribution is 2.45. The van der Waals surface area contributed by atoms with Crippen LogP contribution in [0.15, 0.2) is 88.7 Å². The maximum atomic E-state index is 12.3. The van der Waals surface area contributed by atoms with Gasteiger partial charge in [-0.2, -0.15) is 5.26 Å². The molecule has 3 aromatic carbocycles. The third kappa shape index (κ3) is 4.54. The van der Waals surface area contributed by atoms with E-state index in [9.17, 15) is 10.1 Å². The van der Waals surface area contributed by atoms with E-state index in [1.807, 2.05) is 24.3 Å². The molecular weight excluding hydrogens is 492 g/mol. The first kappa shape index (κ1) is 21.7. The topological polar surface area (TPSA) is 85.3 Å². The van der Waals surface area contributed by atoms with E-state index in [0.29, 0.717) is 22.1 Å². The number of nitriles is 1. The Bertz CT molecular complexity index is 1290. The van der Waals surface area contributed by atoms with Gasteiger partial charge in [-0.25, -0.2) is 4.79 Å². The molecule has 0 aliphatic carbocycles. The average Bonchev–Trinajstić information content (AvgIpc) is 2.78. The molecular formula is C25H16BrClN2O3. The molecule has 1 aliphatic rings. The number of fused-ring (bicyclic) bond motifs is 1. The lowest BCUT2D eigenvalue weighted by atomic mass is 9.83. The highest BCUT2D eigenvalue weighted by Gasteiger charge is 2.32. The van der Waals surface area contributed by atoms with Crippen LogP contribution in [0.3, 0.4) is 0 Å². The summed E-state index contributed by atoms with van der Waals surface area (Å²) in [6.07, 6.45) is 2.96. The van der Waals surface area contributed by atoms with E-state index in [-0.39, 0.29) is 5.88 Å². The van der Waals surface area contributed by atoms with E-state index in [4.69, 9.17) is 26.8 Å². The summed E-state index contributed by atoms with van der Waals surface area (Å²) >= 11 is 9.42. The Balaban J connectivity index is 1.60. The van der Waals surface area contributed by atoms with Crippen LogP contribution in [0.25, 0.3) is 6.08 Å². The van der Waals surface area contributed by atoms with Crippen molar-refractivity contribution in [1.29, 1.82) is 5.26 Å². The number of benzene rings is 3. The van der Waals surface area contributed by atoms with Crippen molar-refractivity contribution >= 4 is 39.6 Å². The Labute approximate surface area is 198 Å². The Kier molecular flexibility index (Phi) is 6.31. The van der Waals surface area contributed by atoms with E-state index >= 15 is 0 Å². The second-order valence-electron chi connectivity index (χ2n) is 6.95. The number of allylic oxidation sites excluding steroid dienone is 1. The number of esters is 1. The Morgan fingerprint density at radius 1 is 1.12 bits per heavy atom. The van der Waals surface area contributed by atoms with E-state index in [0.717, 1.165) is 21.2 Å². The molecule has 0 amide bonds. The molecule has 2 N–H and O–H groups in total. The monoisotopic (exact) mass is 506 g/mol. The van der Waals surface area contributed by atoms with Crippen molar-refractivity contribution in [1.82, 2.24) is 0 Å². The first-order chi connectivity index (χ1) is 15.5. The van der Waals surface area contributed by atoms with Crippen LogP contribution in [-0.2, 0) is 4.79 Å². The number of ether oxygens (including phenoxy) is 2. The van der Waals surface area contributed by atoms with Crippen molar-refractivity contribution in [2.75, 3.05) is 0 Å². The number of halogens is 2. The summed E-state index contributed by atoms with van der Waals surface area (Å²) in [5, 5.41) is 10.3. The van der Waals surface area contributed by atoms with Gasteiger partial charge in [0.1, 0.15) is 23.1 Å². The summed E-state index contributed by atoms with van der Waals surface area (Å²) in [4.78, 5) is 12.3. The molecule has 0 saturated heterocycles. The van der Waals surface area contributed by atoms with Gasteiger partial charge in [0.2, 0.25) is 5.88 Å². The normalized spacial score (nSPS) is 15.1. The summed E-state index contributed by atoms with van der Waals surface area (Å²) in [5.74, 6) is -0.206. The minimum Gasteiger partial charge on any atom is -0.440 e. The van der Waals surface area contributed by atoms with Crippen molar-refractivity contribution < 1.29 is 14.3 Å². The number of nitrogens with two attached hydrogens (primary N) is 1. The summed E-state index contributed by atoms with van der Waals surface area (Å²) in [6, 6.07) is 21.9. The lowest BCUT2D eigenvalue weighted by Gasteiger charge is -2.27. The predicted octanol–water partition coefficient (Wildman–Crippen LogP) is 5.94. The fourth-order valence-corrected chi connectivity index (χ4v) is 4.06. The van der Waals surface area contributed by atoms with Gasteiger partial charge in [-0.3, -0.25) is 0 Å². The van der Waals surface area contributed by atoms with E-state index in [2.05, 4.69) is 22.0 Å². The number of hydrogen-bond donors (Lipinski definition) is 1. The first-order valence-corrected chi connectivity index (χ1v) is 10.7. The van der Waals surface area contributed by atoms with Crippen LogP contribution < -0.4 is 15.2 Å². The molecule has 0 fully saturated rings. The maximum absolute atomic E-state index is 12.3. The molecule has 0 bridgehead atoms. The molecule has 1 unspecified atom stereocenters. The summed E-state index contributed by atoms with van der Waals surface area (Å²) in [5.41, 5.74) is 8.82. The Hall–Kier alpha value is -3.53. The molecule has 7 heteroatoms. The fourth-order valence-electron chi connectivity index (χ4n) is 3.42. The van der Waals surface area contributed by atoms with Crippen molar-refractivity contribution in [2.24, 2.45) is 5.73 Å². The molecule has 1 aliphatic heterocycles. The molecule has 0 saturated carbocycles. The molecule has 158 valence electrons. The summed E-state index contributed by atoms with van der Waals surface area (Å²) in [7, 11) is 0. The minimum atomic E-state index is -0.542. The van der Waals surface area contributed by atoms with Gasteiger partial charge in [0.15, 0.2) is 0 Å². The molecule has 5 nitrogen and oxygen atoms in total. The minimum absolute atomic E-state index is 0.0202. The third-order valence-corrected chi connectivity index (χ3v) is 5.88. The van der Waals surface area contributed by atoms with Crippen LogP contribution >= 0.6 is 27.5 Å². The van der Waals surface area contributed by atoms with Gasteiger partial charge < -0.3 is 15.2 Å². The van der Waals surface area contributed by atoms with Crippen LogP contribution in [0.5, 0.6) is 11.5 Å². The Morgan fingerprint density at radius 2 is 1.88 bits per heavy atom. The van der Waals surface area contributed by atoms with Gasteiger partial charge in [0, 0.05) is 27.2 Å². The fraction of sp³-hybridized carbons (Fsp3) is 0.0400. The SMILES string of the molecule is N#CC1=C(N)Oc2cc(OC(=O)/C=C/c3ccc(Cl)cc3)ccc2C1c1ccccc1Br. The smallest absolute Gasteiger partial charge is 0.336 e. The molecule has 1 atom stereocenters. The van der Waals surface area contributed by atoms with Gasteiger partial charge in [-0.1, -0.05) is 63.9 Å². The van der Waals surface area contributed by atoms with Crippen LogP contribution in [0.2, 0.25) is 5.02 Å². The lowest BCUT2D eigenvalue weighted by molar-refractivity contribution is -0.128. The molecule has 4 rings (SSSR count). The zero-order valence-corrected chi connectivity index (χ0v) is 18.9. The van der Waals surface area contributed by atoms with E-state index < -0.39 is 11.9 Å². The number of carbonyl (C=O) groups is 1. The zero-order valence-electron chi connectivity index (χ0n) is 16.6. The van der Waals surface area contributed by atoms with E-state index in [1.54, 1.807) is 48.5 Å². The van der Waals surface area contributed by atoms with Gasteiger partial charge in [0.05, 0.1) is 5.92 Å². The number of rotatable bonds is 4. The largest absolute Gasteiger partial charge is 0.440 e. The molecule has 0 aromatic heterocycles. The molecule has 1 heterocycles. The van der Waals surface area contributed by atoms with Gasteiger partial charge in [-0.15, -0.1) is 0 Å². The van der Waals surface area contributed by atoms with Gasteiger partial charge in [0.25, 0.3) is 0 Å². The van der Waals surface area contributed by atoms with Crippen LogP contribution in [-0.4, -0.2) is 5.97 Å². The second-order valence-corrected chi connectivity index (χ2v) is 8.24. The third-order valence-electron chi connectivity index (χ3n) is 4.91. The molecule has 0 spiro atoms. The first-order valence-electron chi connectivity index (χ1n) is 9.57. The standard InChI is InChI=1S/C25H16BrClN2O3/c26-21-4-2-1-3-18(21)24-19-11-10-17(13-22(19)32-25(29)20(24)14-28)31-23(30)12-7-15-5-8-16(27)9-6-15/h1-13,24H,29H2/b12-7+. The number of nitrogens with zero attached hydrogens (tertiary/aromatic N) is 1. The number of carbonyl (C=O) groups excluding carboxylic acids is 1.